The van der Waals surface area contributed by atoms with Crippen LogP contribution in [0.15, 0.2) is 11.6 Å². The molecule has 5 rings (SSSR count). The van der Waals surface area contributed by atoms with Gasteiger partial charge in [0.2, 0.25) is 0 Å². The van der Waals surface area contributed by atoms with E-state index in [4.69, 9.17) is 67.9 Å². The molecule has 0 aliphatic heterocycles. The number of esters is 1. The Balaban J connectivity index is 1.59. The van der Waals surface area contributed by atoms with Gasteiger partial charge >= 0.3 is 5.97 Å². The van der Waals surface area contributed by atoms with Gasteiger partial charge in [-0.25, -0.2) is 0 Å². The summed E-state index contributed by atoms with van der Waals surface area (Å²) in [4.78, 5) is 27.1. The highest BCUT2D eigenvalue weighted by Crippen LogP contribution is 2.71. The molecule has 0 saturated heterocycles. The van der Waals surface area contributed by atoms with Crippen molar-refractivity contribution in [3.8, 4) is 0 Å². The lowest BCUT2D eigenvalue weighted by Gasteiger charge is -2.68. The van der Waals surface area contributed by atoms with Crippen LogP contribution in [0, 0.1) is 23.2 Å². The molecule has 0 amide bonds. The van der Waals surface area contributed by atoms with Gasteiger partial charge < -0.3 is 9.84 Å². The van der Waals surface area contributed by atoms with E-state index in [0.29, 0.717) is 32.3 Å². The maximum Gasteiger partial charge on any atom is 0.321 e. The fraction of sp³-hybridized carbons (Fsp3) is 0.852. The van der Waals surface area contributed by atoms with Crippen molar-refractivity contribution in [1.29, 1.82) is 0 Å². The fourth-order valence-corrected chi connectivity index (χ4v) is 11.9. The number of fused-ring (bicyclic) bond motifs is 7. The van der Waals surface area contributed by atoms with E-state index < -0.39 is 31.0 Å². The Morgan fingerprint density at radius 1 is 1.03 bits per heavy atom. The maximum atomic E-state index is 14.2. The average molecular weight is 589 g/mol. The van der Waals surface area contributed by atoms with Gasteiger partial charge in [0.15, 0.2) is 5.78 Å². The van der Waals surface area contributed by atoms with Gasteiger partial charge in [0.05, 0.1) is 18.6 Å². The average Bonchev–Trinajstić information content (AvgIpc) is 2.79. The quantitative estimate of drug-likeness (QED) is 0.198. The molecule has 0 spiro atoms. The van der Waals surface area contributed by atoms with Crippen LogP contribution in [0.25, 0.3) is 0 Å². The van der Waals surface area contributed by atoms with E-state index in [1.807, 2.05) is 13.0 Å². The Bertz CT molecular complexity index is 1020. The molecule has 0 radical (unpaired) electrons. The second kappa shape index (κ2) is 8.79. The third-order valence-electron chi connectivity index (χ3n) is 10.9. The van der Waals surface area contributed by atoms with Crippen LogP contribution in [0.5, 0.6) is 0 Å². The summed E-state index contributed by atoms with van der Waals surface area (Å²) < 4.78 is 2.32. The number of ketones is 1. The van der Waals surface area contributed by atoms with Crippen molar-refractivity contribution >= 4 is 74.9 Å². The summed E-state index contributed by atoms with van der Waals surface area (Å²) >= 11 is 26.2. The van der Waals surface area contributed by atoms with Crippen molar-refractivity contribution in [2.45, 2.75) is 108 Å². The number of thiol groups is 5. The van der Waals surface area contributed by atoms with Gasteiger partial charge in [-0.1, -0.05) is 13.8 Å². The zero-order valence-corrected chi connectivity index (χ0v) is 25.8. The van der Waals surface area contributed by atoms with Crippen LogP contribution in [-0.4, -0.2) is 53.3 Å². The van der Waals surface area contributed by atoms with Crippen LogP contribution in [0.2, 0.25) is 0 Å². The van der Waals surface area contributed by atoms with E-state index in [2.05, 4.69) is 13.8 Å². The first kappa shape index (κ1) is 28.1. The Morgan fingerprint density at radius 2 is 1.69 bits per heavy atom. The molecule has 0 aromatic rings. The standard InChI is InChI=1S/C27H40O4S5/c1-4-31-21(30)24(33)10-9-23(32)11-12-26(35)15(16(23)14-24)13-17(28)20-25(34)7-6-19(29)22(2,3)18(25)5-8-27(20,26)36/h13,16,18-20,29,32-36H,4-12,14H2,1-3H3/t16?,18-,19-,20+,23-,24+,25+,26-,27-/m0/s1. The van der Waals surface area contributed by atoms with Crippen LogP contribution < -0.4 is 0 Å². The summed E-state index contributed by atoms with van der Waals surface area (Å²) in [5.41, 5.74) is 0.640. The normalized spacial score (nSPS) is 51.7. The molecular formula is C27H40O4S5. The molecule has 4 fully saturated rings. The Hall–Kier alpha value is 0.590. The van der Waals surface area contributed by atoms with Crippen molar-refractivity contribution in [2.24, 2.45) is 23.2 Å². The zero-order chi connectivity index (χ0) is 26.5. The van der Waals surface area contributed by atoms with Crippen LogP contribution >= 0.6 is 63.1 Å². The molecule has 202 valence electrons. The molecule has 0 heterocycles. The number of allylic oxidation sites excluding steroid dienone is 1. The number of hydrogen-bond acceptors (Lipinski definition) is 9. The van der Waals surface area contributed by atoms with Gasteiger partial charge in [0, 0.05) is 19.0 Å². The molecule has 0 aromatic carbocycles. The highest BCUT2D eigenvalue weighted by atomic mass is 32.1. The lowest BCUT2D eigenvalue weighted by Crippen LogP contribution is -2.72. The van der Waals surface area contributed by atoms with Crippen LogP contribution in [-0.2, 0) is 14.3 Å². The van der Waals surface area contributed by atoms with Crippen molar-refractivity contribution in [3.63, 3.8) is 0 Å². The summed E-state index contributed by atoms with van der Waals surface area (Å²) in [6.07, 6.45) is 7.71. The van der Waals surface area contributed by atoms with Crippen LogP contribution in [0.1, 0.15) is 78.6 Å². The summed E-state index contributed by atoms with van der Waals surface area (Å²) in [6, 6.07) is 0. The fourth-order valence-electron chi connectivity index (χ4n) is 8.74. The van der Waals surface area contributed by atoms with E-state index in [1.165, 1.54) is 0 Å². The molecule has 0 aromatic heterocycles. The minimum absolute atomic E-state index is 0.0561. The first-order valence-corrected chi connectivity index (χ1v) is 15.6. The van der Waals surface area contributed by atoms with Crippen LogP contribution in [0.3, 0.4) is 0 Å². The van der Waals surface area contributed by atoms with Crippen molar-refractivity contribution in [3.05, 3.63) is 11.6 Å². The number of carbonyl (C=O) groups is 2. The molecule has 0 bridgehead atoms. The predicted molar refractivity (Wildman–Crippen MR) is 160 cm³/mol. The third kappa shape index (κ3) is 3.64. The predicted octanol–water partition coefficient (Wildman–Crippen LogP) is 5.20. The molecule has 4 saturated carbocycles. The highest BCUT2D eigenvalue weighted by Gasteiger charge is 2.72. The van der Waals surface area contributed by atoms with Crippen molar-refractivity contribution in [1.82, 2.24) is 0 Å². The highest BCUT2D eigenvalue weighted by molar-refractivity contribution is 7.87. The number of carbonyl (C=O) groups excluding carboxylic acids is 2. The first-order valence-electron chi connectivity index (χ1n) is 13.3. The number of aliphatic hydroxyl groups excluding tert-OH is 1. The number of rotatable bonds is 2. The third-order valence-corrected chi connectivity index (χ3v) is 14.9. The van der Waals surface area contributed by atoms with Gasteiger partial charge in [0.25, 0.3) is 0 Å². The largest absolute Gasteiger partial charge is 0.465 e. The second-order valence-electron chi connectivity index (χ2n) is 12.8. The summed E-state index contributed by atoms with van der Waals surface area (Å²) in [5.74, 6) is -0.645. The molecule has 9 heteroatoms. The Morgan fingerprint density at radius 3 is 2.36 bits per heavy atom. The van der Waals surface area contributed by atoms with E-state index in [0.717, 1.165) is 37.7 Å². The molecule has 5 aliphatic rings. The monoisotopic (exact) mass is 588 g/mol. The molecule has 5 aliphatic carbocycles. The lowest BCUT2D eigenvalue weighted by molar-refractivity contribution is -0.147. The summed E-state index contributed by atoms with van der Waals surface area (Å²) in [6.45, 7) is 6.35. The summed E-state index contributed by atoms with van der Waals surface area (Å²) in [7, 11) is 0. The lowest BCUT2D eigenvalue weighted by atomic mass is 9.45. The van der Waals surface area contributed by atoms with Gasteiger partial charge in [-0.15, -0.1) is 0 Å². The van der Waals surface area contributed by atoms with E-state index in [9.17, 15) is 14.7 Å². The minimum atomic E-state index is -0.907. The number of hydrogen-bond donors (Lipinski definition) is 6. The molecule has 36 heavy (non-hydrogen) atoms. The van der Waals surface area contributed by atoms with E-state index in [-0.39, 0.29) is 33.8 Å². The molecule has 1 N–H and O–H groups in total. The van der Waals surface area contributed by atoms with Gasteiger partial charge in [-0.2, -0.15) is 63.1 Å². The minimum Gasteiger partial charge on any atom is -0.465 e. The van der Waals surface area contributed by atoms with Crippen LogP contribution in [0.4, 0.5) is 0 Å². The molecule has 4 nitrogen and oxygen atoms in total. The first-order chi connectivity index (χ1) is 16.6. The maximum absolute atomic E-state index is 14.2. The van der Waals surface area contributed by atoms with Gasteiger partial charge in [-0.05, 0) is 93.6 Å². The Kier molecular flexibility index (Phi) is 6.87. The number of ether oxygens (including phenoxy) is 1. The Labute approximate surface area is 243 Å². The number of aliphatic hydroxyl groups is 1. The smallest absolute Gasteiger partial charge is 0.321 e. The van der Waals surface area contributed by atoms with E-state index >= 15 is 0 Å². The molecular weight excluding hydrogens is 549 g/mol. The second-order valence-corrected chi connectivity index (χ2v) is 16.9. The van der Waals surface area contributed by atoms with Gasteiger partial charge in [-0.3, -0.25) is 9.59 Å². The van der Waals surface area contributed by atoms with Gasteiger partial charge in [0.1, 0.15) is 4.75 Å². The van der Waals surface area contributed by atoms with E-state index in [1.54, 1.807) is 0 Å². The molecule has 9 atom stereocenters. The van der Waals surface area contributed by atoms with Crippen molar-refractivity contribution < 1.29 is 19.4 Å². The zero-order valence-electron chi connectivity index (χ0n) is 21.4. The molecule has 1 unspecified atom stereocenters. The topological polar surface area (TPSA) is 63.6 Å². The summed E-state index contributed by atoms with van der Waals surface area (Å²) in [5, 5.41) is 10.8. The van der Waals surface area contributed by atoms with Crippen molar-refractivity contribution in [2.75, 3.05) is 6.61 Å². The SMILES string of the molecule is CCOC(=O)[C@@]1(S)CC[C@]2(S)CC[C@]3(S)C(=CC(=O)[C@@H]4[C@@]5(S)CC[C@H](O)C(C)(C)[C@@H]5CC[C@]43S)C2C1.